The molecular weight excluding hydrogens is 342 g/mol. The number of para-hydroxylation sites is 1. The average Bonchev–Trinajstić information content (AvgIpc) is 2.77. The van der Waals surface area contributed by atoms with Crippen molar-refractivity contribution >= 4 is 21.8 Å². The van der Waals surface area contributed by atoms with Crippen LogP contribution in [-0.4, -0.2) is 10.1 Å². The van der Waals surface area contributed by atoms with E-state index in [1.807, 2.05) is 84.9 Å². The van der Waals surface area contributed by atoms with Gasteiger partial charge in [-0.05, 0) is 28.8 Å². The van der Waals surface area contributed by atoms with Gasteiger partial charge in [0.2, 0.25) is 0 Å². The molecule has 1 unspecified atom stereocenters. The number of hydrogen-bond acceptors (Lipinski definition) is 2. The van der Waals surface area contributed by atoms with Crippen LogP contribution in [0.25, 0.3) is 32.9 Å². The van der Waals surface area contributed by atoms with Crippen LogP contribution in [0.3, 0.4) is 0 Å². The third kappa shape index (κ3) is 2.75. The van der Waals surface area contributed by atoms with Crippen LogP contribution >= 0.6 is 0 Å². The van der Waals surface area contributed by atoms with E-state index in [1.165, 1.54) is 0 Å². The maximum atomic E-state index is 11.2. The Bertz CT molecular complexity index is 1260. The van der Waals surface area contributed by atoms with E-state index >= 15 is 0 Å². The van der Waals surface area contributed by atoms with Crippen molar-refractivity contribution in [1.29, 1.82) is 0 Å². The first-order valence-electron chi connectivity index (χ1n) is 9.43. The lowest BCUT2D eigenvalue weighted by molar-refractivity contribution is 0.222. The van der Waals surface area contributed by atoms with Crippen LogP contribution in [0.2, 0.25) is 0 Å². The fourth-order valence-electron chi connectivity index (χ4n) is 3.92. The first kappa shape index (κ1) is 16.7. The molecular formula is C26H19NO. The molecule has 2 nitrogen and oxygen atoms in total. The van der Waals surface area contributed by atoms with Crippen LogP contribution in [0.4, 0.5) is 0 Å². The first-order valence-corrected chi connectivity index (χ1v) is 9.43. The molecule has 0 saturated heterocycles. The molecule has 1 aromatic heterocycles. The van der Waals surface area contributed by atoms with Gasteiger partial charge in [-0.3, -0.25) is 0 Å². The lowest BCUT2D eigenvalue weighted by Gasteiger charge is -2.18. The zero-order chi connectivity index (χ0) is 18.9. The summed E-state index contributed by atoms with van der Waals surface area (Å²) < 4.78 is 0. The highest BCUT2D eigenvalue weighted by Gasteiger charge is 2.19. The summed E-state index contributed by atoms with van der Waals surface area (Å²) in [6.07, 6.45) is -0.713. The number of rotatable bonds is 3. The smallest absolute Gasteiger partial charge is 0.105 e. The minimum atomic E-state index is -0.713. The number of aromatic nitrogens is 1. The lowest BCUT2D eigenvalue weighted by atomic mass is 9.90. The van der Waals surface area contributed by atoms with E-state index in [-0.39, 0.29) is 0 Å². The van der Waals surface area contributed by atoms with Crippen LogP contribution in [0, 0.1) is 0 Å². The monoisotopic (exact) mass is 361 g/mol. The van der Waals surface area contributed by atoms with Crippen LogP contribution < -0.4 is 0 Å². The normalized spacial score (nSPS) is 12.3. The average molecular weight is 361 g/mol. The van der Waals surface area contributed by atoms with Crippen molar-refractivity contribution in [3.8, 4) is 11.1 Å². The SMILES string of the molecule is OC(c1ccccc1)c1cccc2nc3ccccc3c(-c3ccccc3)c12. The summed E-state index contributed by atoms with van der Waals surface area (Å²) in [5.41, 5.74) is 5.85. The van der Waals surface area contributed by atoms with Gasteiger partial charge in [-0.2, -0.15) is 0 Å². The highest BCUT2D eigenvalue weighted by Crippen LogP contribution is 2.39. The van der Waals surface area contributed by atoms with Gasteiger partial charge in [0.05, 0.1) is 11.0 Å². The number of benzene rings is 4. The third-order valence-corrected chi connectivity index (χ3v) is 5.21. The molecule has 0 aliphatic carbocycles. The number of aliphatic hydroxyl groups excluding tert-OH is 1. The molecule has 5 rings (SSSR count). The minimum absolute atomic E-state index is 0.713. The van der Waals surface area contributed by atoms with Crippen molar-refractivity contribution in [2.24, 2.45) is 0 Å². The molecule has 1 N–H and O–H groups in total. The second kappa shape index (κ2) is 6.91. The zero-order valence-electron chi connectivity index (χ0n) is 15.3. The Morgan fingerprint density at radius 3 is 2.04 bits per heavy atom. The molecule has 0 spiro atoms. The van der Waals surface area contributed by atoms with E-state index in [4.69, 9.17) is 4.98 Å². The van der Waals surface area contributed by atoms with Gasteiger partial charge < -0.3 is 5.11 Å². The van der Waals surface area contributed by atoms with E-state index < -0.39 is 6.10 Å². The summed E-state index contributed by atoms with van der Waals surface area (Å²) in [7, 11) is 0. The van der Waals surface area contributed by atoms with Crippen LogP contribution in [0.5, 0.6) is 0 Å². The van der Waals surface area contributed by atoms with Gasteiger partial charge in [-0.25, -0.2) is 4.98 Å². The maximum Gasteiger partial charge on any atom is 0.105 e. The van der Waals surface area contributed by atoms with Crippen molar-refractivity contribution in [3.63, 3.8) is 0 Å². The van der Waals surface area contributed by atoms with E-state index in [9.17, 15) is 5.11 Å². The molecule has 0 saturated carbocycles. The molecule has 0 amide bonds. The van der Waals surface area contributed by atoms with Gasteiger partial charge in [0, 0.05) is 16.3 Å². The van der Waals surface area contributed by atoms with Crippen molar-refractivity contribution in [1.82, 2.24) is 4.98 Å². The van der Waals surface area contributed by atoms with Gasteiger partial charge >= 0.3 is 0 Å². The predicted octanol–water partition coefficient (Wildman–Crippen LogP) is 6.14. The van der Waals surface area contributed by atoms with Crippen LogP contribution in [0.1, 0.15) is 17.2 Å². The van der Waals surface area contributed by atoms with Gasteiger partial charge in [0.1, 0.15) is 6.10 Å². The highest BCUT2D eigenvalue weighted by atomic mass is 16.3. The molecule has 134 valence electrons. The molecule has 1 atom stereocenters. The molecule has 0 aliphatic heterocycles. The first-order chi connectivity index (χ1) is 13.8. The zero-order valence-corrected chi connectivity index (χ0v) is 15.3. The molecule has 4 aromatic carbocycles. The standard InChI is InChI=1S/C26H19NO/c28-26(19-12-5-2-6-13-19)21-15-9-17-23-25(21)24(18-10-3-1-4-11-18)20-14-7-8-16-22(20)27-23/h1-17,26,28H. The number of nitrogens with zero attached hydrogens (tertiary/aromatic N) is 1. The summed E-state index contributed by atoms with van der Waals surface area (Å²) in [4.78, 5) is 4.89. The second-order valence-corrected chi connectivity index (χ2v) is 6.92. The number of fused-ring (bicyclic) bond motifs is 2. The Balaban J connectivity index is 1.90. The van der Waals surface area contributed by atoms with Crippen molar-refractivity contribution in [2.45, 2.75) is 6.10 Å². The Morgan fingerprint density at radius 2 is 1.25 bits per heavy atom. The highest BCUT2D eigenvalue weighted by molar-refractivity contribution is 6.10. The van der Waals surface area contributed by atoms with Crippen molar-refractivity contribution in [2.75, 3.05) is 0 Å². The predicted molar refractivity (Wildman–Crippen MR) is 115 cm³/mol. The van der Waals surface area contributed by atoms with E-state index in [2.05, 4.69) is 18.2 Å². The molecule has 0 radical (unpaired) electrons. The van der Waals surface area contributed by atoms with Gasteiger partial charge in [0.25, 0.3) is 0 Å². The molecule has 28 heavy (non-hydrogen) atoms. The van der Waals surface area contributed by atoms with E-state index in [1.54, 1.807) is 0 Å². The molecule has 0 bridgehead atoms. The Morgan fingerprint density at radius 1 is 0.607 bits per heavy atom. The fraction of sp³-hybridized carbons (Fsp3) is 0.0385. The molecule has 5 aromatic rings. The van der Waals surface area contributed by atoms with E-state index in [0.717, 1.165) is 44.1 Å². The van der Waals surface area contributed by atoms with Crippen molar-refractivity contribution in [3.05, 3.63) is 114 Å². The molecule has 2 heteroatoms. The summed E-state index contributed by atoms with van der Waals surface area (Å²) in [6, 6.07) is 34.3. The second-order valence-electron chi connectivity index (χ2n) is 6.92. The number of pyridine rings is 1. The summed E-state index contributed by atoms with van der Waals surface area (Å²) in [5, 5.41) is 13.3. The lowest BCUT2D eigenvalue weighted by Crippen LogP contribution is -2.02. The molecule has 0 aliphatic rings. The van der Waals surface area contributed by atoms with Crippen molar-refractivity contribution < 1.29 is 5.11 Å². The number of aliphatic hydroxyl groups is 1. The van der Waals surface area contributed by atoms with Gasteiger partial charge in [-0.15, -0.1) is 0 Å². The fourth-order valence-corrected chi connectivity index (χ4v) is 3.92. The maximum absolute atomic E-state index is 11.2. The molecule has 0 fully saturated rings. The van der Waals surface area contributed by atoms with Crippen LogP contribution in [0.15, 0.2) is 103 Å². The summed E-state index contributed by atoms with van der Waals surface area (Å²) in [6.45, 7) is 0. The topological polar surface area (TPSA) is 33.1 Å². The van der Waals surface area contributed by atoms with E-state index in [0.29, 0.717) is 0 Å². The summed E-state index contributed by atoms with van der Waals surface area (Å²) in [5.74, 6) is 0. The Kier molecular flexibility index (Phi) is 4.12. The molecule has 1 heterocycles. The summed E-state index contributed by atoms with van der Waals surface area (Å²) >= 11 is 0. The minimum Gasteiger partial charge on any atom is -0.384 e. The third-order valence-electron chi connectivity index (χ3n) is 5.21. The Labute approximate surface area is 163 Å². The van der Waals surface area contributed by atoms with Gasteiger partial charge in [-0.1, -0.05) is 91.0 Å². The number of hydrogen-bond donors (Lipinski definition) is 1. The quantitative estimate of drug-likeness (QED) is 0.392. The Hall–Kier alpha value is -3.49. The van der Waals surface area contributed by atoms with Crippen LogP contribution in [-0.2, 0) is 0 Å². The van der Waals surface area contributed by atoms with Gasteiger partial charge in [0.15, 0.2) is 0 Å². The largest absolute Gasteiger partial charge is 0.384 e.